The number of carbonyl (C=O) groups is 2. The van der Waals surface area contributed by atoms with Gasteiger partial charge in [0.1, 0.15) is 0 Å². The molecule has 0 saturated carbocycles. The summed E-state index contributed by atoms with van der Waals surface area (Å²) in [7, 11) is -4.94. The molecule has 0 spiro atoms. The van der Waals surface area contributed by atoms with Crippen molar-refractivity contribution in [3.05, 3.63) is 0 Å². The molecule has 26 heavy (non-hydrogen) atoms. The zero-order valence-corrected chi connectivity index (χ0v) is 15.6. The van der Waals surface area contributed by atoms with Gasteiger partial charge in [-0.2, -0.15) is 0 Å². The topological polar surface area (TPSA) is 252 Å². The summed E-state index contributed by atoms with van der Waals surface area (Å²) in [5.41, 5.74) is 0. The van der Waals surface area contributed by atoms with Crippen LogP contribution in [0, 0.1) is 10.2 Å². The van der Waals surface area contributed by atoms with Gasteiger partial charge in [-0.25, -0.2) is 18.6 Å². The Morgan fingerprint density at radius 2 is 0.808 bits per heavy atom. The average molecular weight is 451 g/mol. The van der Waals surface area contributed by atoms with Gasteiger partial charge in [0.05, 0.1) is 0 Å². The molecule has 15 heteroatoms. The quantitative estimate of drug-likeness (QED) is 0.286. The van der Waals surface area contributed by atoms with Crippen molar-refractivity contribution in [3.63, 3.8) is 0 Å². The smallest absolute Gasteiger partial charge is 0.550 e. The zero-order valence-electron chi connectivity index (χ0n) is 13.8. The second-order valence-electron chi connectivity index (χ2n) is 4.30. The monoisotopic (exact) mass is 450 g/mol. The fourth-order valence-corrected chi connectivity index (χ4v) is 1.32. The second-order valence-corrected chi connectivity index (χ2v) is 5.05. The second kappa shape index (κ2) is 22.4. The summed E-state index contributed by atoms with van der Waals surface area (Å²) in [5, 5.41) is 32.0. The van der Waals surface area contributed by atoms with Gasteiger partial charge >= 0.3 is 16.8 Å². The van der Waals surface area contributed by atoms with E-state index < -0.39 is 28.6 Å². The molecule has 0 aromatic carbocycles. The molecule has 1 saturated heterocycles. The van der Waals surface area contributed by atoms with E-state index in [1.807, 2.05) is 0 Å². The van der Waals surface area contributed by atoms with E-state index in [0.29, 0.717) is 0 Å². The predicted molar refractivity (Wildman–Crippen MR) is 69.7 cm³/mol. The van der Waals surface area contributed by atoms with Crippen LogP contribution in [0.4, 0.5) is 0 Å². The van der Waals surface area contributed by atoms with Crippen molar-refractivity contribution in [2.24, 2.45) is 0 Å². The van der Waals surface area contributed by atoms with E-state index in [1.54, 1.807) is 0 Å². The fourth-order valence-electron chi connectivity index (χ4n) is 1.32. The summed E-state index contributed by atoms with van der Waals surface area (Å²) >= 11 is 0. The molecule has 1 aliphatic heterocycles. The first-order valence-corrected chi connectivity index (χ1v) is 8.20. The molecule has 0 unspecified atom stereocenters. The number of hydrogen-bond donors (Lipinski definition) is 4. The maximum absolute atomic E-state index is 9.28. The number of rotatable bonds is 2. The molecule has 13 nitrogen and oxygen atoms in total. The van der Waals surface area contributed by atoms with Crippen LogP contribution in [0.2, 0.25) is 0 Å². The van der Waals surface area contributed by atoms with Crippen molar-refractivity contribution in [2.75, 3.05) is 52.4 Å². The van der Waals surface area contributed by atoms with Crippen LogP contribution in [-0.2, 0) is 26.4 Å². The van der Waals surface area contributed by atoms with Gasteiger partial charge in [0.25, 0.3) is 0 Å². The molecular weight excluding hydrogens is 427 g/mol. The van der Waals surface area contributed by atoms with Gasteiger partial charge in [0, 0.05) is 70.7 Å². The van der Waals surface area contributed by atoms with Crippen LogP contribution in [0.15, 0.2) is 0 Å². The Labute approximate surface area is 163 Å². The van der Waals surface area contributed by atoms with Gasteiger partial charge in [-0.05, 0) is 0 Å². The predicted octanol–water partition coefficient (Wildman–Crippen LogP) is -10.3. The molecule has 0 atom stereocenters. The third-order valence-corrected chi connectivity index (χ3v) is 2.20. The minimum Gasteiger partial charge on any atom is -0.550 e. The number of halogens is 1. The van der Waals surface area contributed by atoms with Crippen molar-refractivity contribution in [1.82, 2.24) is 21.3 Å². The first-order valence-electron chi connectivity index (χ1n) is 6.97. The first kappa shape index (κ1) is 33.0. The van der Waals surface area contributed by atoms with Crippen molar-refractivity contribution < 1.29 is 70.9 Å². The molecule has 0 amide bonds. The molecule has 0 radical (unpaired) electrons. The Bertz CT molecular complexity index is 276. The molecule has 158 valence electrons. The summed E-state index contributed by atoms with van der Waals surface area (Å²) in [6, 6.07) is 0. The first-order chi connectivity index (χ1) is 11.1. The Balaban J connectivity index is -0.000000150. The van der Waals surface area contributed by atoms with E-state index in [2.05, 4.69) is 21.3 Å². The van der Waals surface area contributed by atoms with E-state index in [-0.39, 0.29) is 22.3 Å². The van der Waals surface area contributed by atoms with Crippen LogP contribution < -0.4 is 50.1 Å². The van der Waals surface area contributed by atoms with Crippen molar-refractivity contribution in [3.8, 4) is 0 Å². The van der Waals surface area contributed by atoms with Gasteiger partial charge in [0.2, 0.25) is 0 Å². The third kappa shape index (κ3) is 49.5. The number of carboxylic acids is 2. The maximum atomic E-state index is 9.28. The normalized spacial score (nSPS) is 15.5. The number of carboxylic acid groups (broad SMARTS) is 2. The molecule has 0 aromatic rings. The van der Waals surface area contributed by atoms with Gasteiger partial charge in [-0.1, -0.05) is 0 Å². The van der Waals surface area contributed by atoms with Gasteiger partial charge < -0.3 is 46.5 Å². The van der Waals surface area contributed by atoms with Crippen LogP contribution in [0.5, 0.6) is 0 Å². The van der Waals surface area contributed by atoms with Crippen LogP contribution in [-0.4, -0.2) is 69.8 Å². The van der Waals surface area contributed by atoms with Crippen LogP contribution in [0.25, 0.3) is 0 Å². The van der Waals surface area contributed by atoms with E-state index >= 15 is 0 Å². The molecule has 1 rings (SSSR count). The largest absolute Gasteiger partial charge is 3.00 e. The van der Waals surface area contributed by atoms with Crippen molar-refractivity contribution in [1.29, 1.82) is 0 Å². The van der Waals surface area contributed by atoms with Crippen LogP contribution >= 0.6 is 0 Å². The Hall–Kier alpha value is -0.624. The molecule has 0 aromatic heterocycles. The SMILES string of the molecule is C1CNCCNCCNCCN1.O.O=C([O-])CC(=O)[O-].[Co+3].[O-][Cl+3]([O-])([O-])[O-]. The molecule has 0 aliphatic carbocycles. The maximum Gasteiger partial charge on any atom is 3.00 e. The fraction of sp³-hybridized carbons (Fsp3) is 0.818. The average Bonchev–Trinajstić information content (AvgIpc) is 2.36. The number of hydrogen-bond acceptors (Lipinski definition) is 12. The van der Waals surface area contributed by atoms with Gasteiger partial charge in [0.15, 0.2) is 0 Å². The molecule has 0 bridgehead atoms. The van der Waals surface area contributed by atoms with Gasteiger partial charge in [-0.3, -0.25) is 0 Å². The minimum absolute atomic E-state index is 0. The summed E-state index contributed by atoms with van der Waals surface area (Å²) in [5.74, 6) is -3.25. The van der Waals surface area contributed by atoms with Crippen LogP contribution in [0.3, 0.4) is 0 Å². The van der Waals surface area contributed by atoms with E-state index in [0.717, 1.165) is 52.4 Å². The summed E-state index contributed by atoms with van der Waals surface area (Å²) in [4.78, 5) is 18.6. The van der Waals surface area contributed by atoms with E-state index in [4.69, 9.17) is 18.6 Å². The Kier molecular flexibility index (Phi) is 28.5. The molecule has 1 fully saturated rings. The molecule has 6 N–H and O–H groups in total. The summed E-state index contributed by atoms with van der Waals surface area (Å²) in [6.07, 6.45) is -1.03. The van der Waals surface area contributed by atoms with E-state index in [9.17, 15) is 19.8 Å². The Morgan fingerprint density at radius 1 is 0.654 bits per heavy atom. The van der Waals surface area contributed by atoms with E-state index in [1.165, 1.54) is 0 Å². The molecule has 1 aliphatic rings. The van der Waals surface area contributed by atoms with Gasteiger partial charge in [-0.15, -0.1) is 10.2 Å². The number of nitrogens with one attached hydrogen (secondary N) is 4. The zero-order chi connectivity index (χ0) is 18.8. The van der Waals surface area contributed by atoms with Crippen molar-refractivity contribution in [2.45, 2.75) is 6.42 Å². The molecule has 1 heterocycles. The number of aliphatic carboxylic acids is 2. The number of carbonyl (C=O) groups excluding carboxylic acids is 2. The third-order valence-electron chi connectivity index (χ3n) is 2.20. The minimum atomic E-state index is -4.94. The summed E-state index contributed by atoms with van der Waals surface area (Å²) in [6.45, 7) is 8.57. The molecular formula is C11H24ClCoN4O9. The Morgan fingerprint density at radius 3 is 0.885 bits per heavy atom. The summed E-state index contributed by atoms with van der Waals surface area (Å²) < 4.78 is 34.0. The standard InChI is InChI=1S/C8H20N4.C3H4O4.ClHO4.Co.H2O/c1-2-10-5-6-12-8-7-11-4-3-9-1;4-2(5)1-3(6)7;2-1(3,4)5;;/h9-12H,1-8H2;1H2,(H,4,5)(H,6,7);(H,2,3,4,5);;1H2/q;;;+3;/p-3. The van der Waals surface area contributed by atoms with Crippen LogP contribution in [0.1, 0.15) is 6.42 Å². The van der Waals surface area contributed by atoms with Crippen molar-refractivity contribution >= 4 is 11.9 Å².